The van der Waals surface area contributed by atoms with Crippen molar-refractivity contribution < 1.29 is 50.5 Å². The average molecular weight is 546 g/mol. The Morgan fingerprint density at radius 1 is 1.03 bits per heavy atom. The summed E-state index contributed by atoms with van der Waals surface area (Å²) in [7, 11) is 0. The third-order valence-corrected chi connectivity index (χ3v) is 5.01. The smallest absolute Gasteiger partial charge is 0.476 e. The van der Waals surface area contributed by atoms with Crippen molar-refractivity contribution in [3.8, 4) is 17.3 Å². The molecule has 1 aliphatic rings. The zero-order chi connectivity index (χ0) is 27.8. The van der Waals surface area contributed by atoms with E-state index in [0.717, 1.165) is 25.2 Å². The summed E-state index contributed by atoms with van der Waals surface area (Å²) in [5.41, 5.74) is -0.964. The number of ether oxygens (including phenoxy) is 2. The van der Waals surface area contributed by atoms with Crippen molar-refractivity contribution in [3.63, 3.8) is 0 Å². The van der Waals surface area contributed by atoms with Gasteiger partial charge < -0.3 is 19.9 Å². The Labute approximate surface area is 208 Å². The topological polar surface area (TPSA) is 141 Å². The third-order valence-electron chi connectivity index (χ3n) is 5.01. The molecule has 1 saturated carbocycles. The first-order valence-electron chi connectivity index (χ1n) is 10.7. The van der Waals surface area contributed by atoms with Gasteiger partial charge in [-0.05, 0) is 31.9 Å². The fraction of sp³-hybridized carbons (Fsp3) is 0.333. The number of carboxylic acids is 1. The first kappa shape index (κ1) is 26.6. The minimum absolute atomic E-state index is 0.0439. The zero-order valence-corrected chi connectivity index (χ0v) is 19.0. The first-order chi connectivity index (χ1) is 17.7. The number of benzene rings is 1. The summed E-state index contributed by atoms with van der Waals surface area (Å²) in [6, 6.07) is 0.520. The maximum Gasteiger partial charge on any atom is 0.573 e. The van der Waals surface area contributed by atoms with E-state index in [9.17, 15) is 35.9 Å². The normalized spacial score (nSPS) is 14.6. The Morgan fingerprint density at radius 3 is 2.11 bits per heavy atom. The molecule has 1 atom stereocenters. The predicted molar refractivity (Wildman–Crippen MR) is 112 cm³/mol. The minimum atomic E-state index is -5.25. The number of alkyl halides is 6. The van der Waals surface area contributed by atoms with Crippen molar-refractivity contribution >= 4 is 11.9 Å². The van der Waals surface area contributed by atoms with Crippen LogP contribution in [0.25, 0.3) is 5.82 Å². The lowest BCUT2D eigenvalue weighted by atomic mass is 10.1. The molecule has 1 unspecified atom stereocenters. The zero-order valence-electron chi connectivity index (χ0n) is 19.0. The van der Waals surface area contributed by atoms with Gasteiger partial charge in [0.2, 0.25) is 0 Å². The maximum absolute atomic E-state index is 12.8. The van der Waals surface area contributed by atoms with Crippen LogP contribution in [0.15, 0.2) is 30.6 Å². The van der Waals surface area contributed by atoms with Crippen LogP contribution in [0.4, 0.5) is 26.3 Å². The number of nitrogens with zero attached hydrogens (tertiary/aromatic N) is 5. The molecule has 1 amide bonds. The van der Waals surface area contributed by atoms with Crippen molar-refractivity contribution in [1.82, 2.24) is 30.0 Å². The number of carbonyl (C=O) groups is 2. The molecule has 0 radical (unpaired) electrons. The Kier molecular flexibility index (Phi) is 6.86. The van der Waals surface area contributed by atoms with Gasteiger partial charge in [-0.25, -0.2) is 19.7 Å². The monoisotopic (exact) mass is 546 g/mol. The number of hydrogen-bond donors (Lipinski definition) is 2. The molecule has 3 aromatic rings. The summed E-state index contributed by atoms with van der Waals surface area (Å²) in [6.45, 7) is 1.44. The van der Waals surface area contributed by atoms with Crippen molar-refractivity contribution in [3.05, 3.63) is 53.5 Å². The van der Waals surface area contributed by atoms with Gasteiger partial charge in [0.05, 0.1) is 18.4 Å². The van der Waals surface area contributed by atoms with E-state index in [-0.39, 0.29) is 23.3 Å². The molecule has 1 fully saturated rings. The van der Waals surface area contributed by atoms with Crippen LogP contribution in [0, 0.1) is 0 Å². The van der Waals surface area contributed by atoms with Crippen molar-refractivity contribution in [2.24, 2.45) is 0 Å². The molecule has 0 saturated heterocycles. The number of aromatic nitrogens is 5. The highest BCUT2D eigenvalue weighted by Crippen LogP contribution is 2.39. The summed E-state index contributed by atoms with van der Waals surface area (Å²) in [6.07, 6.45) is -6.78. The number of aromatic carboxylic acids is 1. The summed E-state index contributed by atoms with van der Waals surface area (Å²) in [5.74, 6) is -3.98. The van der Waals surface area contributed by atoms with Crippen LogP contribution < -0.4 is 14.8 Å². The van der Waals surface area contributed by atoms with Gasteiger partial charge in [-0.15, -0.1) is 31.4 Å². The van der Waals surface area contributed by atoms with Crippen LogP contribution in [-0.4, -0.2) is 54.4 Å². The highest BCUT2D eigenvalue weighted by molar-refractivity contribution is 5.95. The third kappa shape index (κ3) is 6.65. The van der Waals surface area contributed by atoms with E-state index in [0.29, 0.717) is 24.0 Å². The van der Waals surface area contributed by atoms with E-state index in [4.69, 9.17) is 5.11 Å². The highest BCUT2D eigenvalue weighted by atomic mass is 19.4. The van der Waals surface area contributed by atoms with Crippen molar-refractivity contribution in [1.29, 1.82) is 0 Å². The van der Waals surface area contributed by atoms with Gasteiger partial charge in [0.25, 0.3) is 5.91 Å². The molecule has 11 nitrogen and oxygen atoms in total. The Hall–Kier alpha value is -4.44. The number of carbonyl (C=O) groups excluding carboxylic acids is 1. The minimum Gasteiger partial charge on any atom is -0.476 e. The van der Waals surface area contributed by atoms with E-state index in [1.165, 1.54) is 11.6 Å². The van der Waals surface area contributed by atoms with Gasteiger partial charge in [-0.1, -0.05) is 0 Å². The SMILES string of the molecule is CC(NC(=O)c1cc(OC(F)(F)F)cc(OC(F)(F)F)c1)c1nc(C2CC2)nn1-c1cnc(C(=O)O)cn1. The van der Waals surface area contributed by atoms with E-state index in [2.05, 4.69) is 34.8 Å². The Bertz CT molecular complexity index is 1320. The number of amides is 1. The van der Waals surface area contributed by atoms with Crippen molar-refractivity contribution in [2.45, 2.75) is 44.4 Å². The molecule has 2 aromatic heterocycles. The summed E-state index contributed by atoms with van der Waals surface area (Å²) < 4.78 is 84.6. The molecule has 0 aliphatic heterocycles. The van der Waals surface area contributed by atoms with Gasteiger partial charge in [0.15, 0.2) is 23.2 Å². The molecular formula is C21H16F6N6O5. The molecule has 17 heteroatoms. The standard InChI is InChI=1S/C21H16F6N6O5/c1-9(17-31-16(10-2-3-10)32-33(17)15-8-28-14(7-29-15)19(35)36)30-18(34)11-4-12(37-20(22,23)24)6-13(5-11)38-21(25,26)27/h4-10H,2-3H2,1H3,(H,30,34)(H,35,36). The number of halogens is 6. The lowest BCUT2D eigenvalue weighted by Gasteiger charge is -2.16. The van der Waals surface area contributed by atoms with Gasteiger partial charge in [0.1, 0.15) is 11.5 Å². The van der Waals surface area contributed by atoms with Crippen LogP contribution in [0.3, 0.4) is 0 Å². The fourth-order valence-corrected chi connectivity index (χ4v) is 3.28. The molecule has 1 aromatic carbocycles. The second kappa shape index (κ2) is 9.79. The molecule has 0 bridgehead atoms. The van der Waals surface area contributed by atoms with E-state index >= 15 is 0 Å². The Balaban J connectivity index is 1.63. The lowest BCUT2D eigenvalue weighted by molar-refractivity contribution is -0.276. The number of hydrogen-bond acceptors (Lipinski definition) is 8. The summed E-state index contributed by atoms with van der Waals surface area (Å²) in [4.78, 5) is 36.1. The van der Waals surface area contributed by atoms with Crippen LogP contribution in [0.2, 0.25) is 0 Å². The van der Waals surface area contributed by atoms with E-state index in [1.54, 1.807) is 0 Å². The quantitative estimate of drug-likeness (QED) is 0.402. The second-order valence-corrected chi connectivity index (χ2v) is 8.06. The van der Waals surface area contributed by atoms with Gasteiger partial charge >= 0.3 is 18.7 Å². The predicted octanol–water partition coefficient (Wildman–Crippen LogP) is 3.92. The molecule has 2 heterocycles. The Morgan fingerprint density at radius 2 is 1.63 bits per heavy atom. The van der Waals surface area contributed by atoms with Crippen LogP contribution in [0.1, 0.15) is 64.2 Å². The molecule has 38 heavy (non-hydrogen) atoms. The number of carboxylic acid groups (broad SMARTS) is 1. The molecule has 2 N–H and O–H groups in total. The van der Waals surface area contributed by atoms with Crippen LogP contribution in [0.5, 0.6) is 11.5 Å². The van der Waals surface area contributed by atoms with Gasteiger partial charge in [0, 0.05) is 17.5 Å². The van der Waals surface area contributed by atoms with Gasteiger partial charge in [-0.2, -0.15) is 4.68 Å². The van der Waals surface area contributed by atoms with Crippen molar-refractivity contribution in [2.75, 3.05) is 0 Å². The first-order valence-corrected chi connectivity index (χ1v) is 10.7. The summed E-state index contributed by atoms with van der Waals surface area (Å²) >= 11 is 0. The number of nitrogens with one attached hydrogen (secondary N) is 1. The van der Waals surface area contributed by atoms with Crippen LogP contribution in [-0.2, 0) is 0 Å². The summed E-state index contributed by atoms with van der Waals surface area (Å²) in [5, 5.41) is 15.8. The van der Waals surface area contributed by atoms with Crippen LogP contribution >= 0.6 is 0 Å². The maximum atomic E-state index is 12.8. The highest BCUT2D eigenvalue weighted by Gasteiger charge is 2.35. The lowest BCUT2D eigenvalue weighted by Crippen LogP contribution is -2.29. The molecule has 0 spiro atoms. The second-order valence-electron chi connectivity index (χ2n) is 8.06. The molecule has 4 rings (SSSR count). The number of rotatable bonds is 8. The fourth-order valence-electron chi connectivity index (χ4n) is 3.28. The molecular weight excluding hydrogens is 530 g/mol. The van der Waals surface area contributed by atoms with E-state index < -0.39 is 47.7 Å². The average Bonchev–Trinajstić information content (AvgIpc) is 3.54. The van der Waals surface area contributed by atoms with E-state index in [1.807, 2.05) is 0 Å². The molecule has 1 aliphatic carbocycles. The largest absolute Gasteiger partial charge is 0.573 e. The molecule has 202 valence electrons. The van der Waals surface area contributed by atoms with Gasteiger partial charge in [-0.3, -0.25) is 4.79 Å².